The first kappa shape index (κ1) is 23.5. The van der Waals surface area contributed by atoms with Gasteiger partial charge < -0.3 is 15.6 Å². The fourth-order valence-electron chi connectivity index (χ4n) is 3.95. The van der Waals surface area contributed by atoms with Gasteiger partial charge in [-0.3, -0.25) is 4.98 Å². The van der Waals surface area contributed by atoms with Crippen LogP contribution in [0.15, 0.2) is 42.5 Å². The maximum absolute atomic E-state index is 11.7. The van der Waals surface area contributed by atoms with E-state index in [0.29, 0.717) is 18.2 Å². The Morgan fingerprint density at radius 3 is 2.28 bits per heavy atom. The Labute approximate surface area is 190 Å². The van der Waals surface area contributed by atoms with Crippen molar-refractivity contribution in [1.29, 1.82) is 0 Å². The lowest BCUT2D eigenvalue weighted by Gasteiger charge is -2.21. The molecule has 0 atom stereocenters. The van der Waals surface area contributed by atoms with Crippen molar-refractivity contribution in [1.82, 2.24) is 4.98 Å². The zero-order chi connectivity index (χ0) is 23.4. The molecule has 0 amide bonds. The number of rotatable bonds is 8. The fourth-order valence-corrected chi connectivity index (χ4v) is 3.95. The van der Waals surface area contributed by atoms with E-state index in [0.717, 1.165) is 45.6 Å². The molecule has 5 heteroatoms. The predicted molar refractivity (Wildman–Crippen MR) is 128 cm³/mol. The molecule has 0 spiro atoms. The average molecular weight is 433 g/mol. The maximum Gasteiger partial charge on any atom is 0.339 e. The number of nitrogens with zero attached hydrogens (tertiary/aromatic N) is 1. The summed E-state index contributed by atoms with van der Waals surface area (Å²) in [6, 6.07) is 13.6. The van der Waals surface area contributed by atoms with Crippen LogP contribution >= 0.6 is 0 Å². The lowest BCUT2D eigenvalue weighted by Crippen LogP contribution is -2.14. The number of carbonyl (C=O) groups is 1. The molecule has 0 saturated heterocycles. The van der Waals surface area contributed by atoms with Crippen LogP contribution in [0, 0.1) is 26.7 Å². The molecule has 0 aliphatic rings. The Morgan fingerprint density at radius 2 is 1.69 bits per heavy atom. The van der Waals surface area contributed by atoms with Crippen LogP contribution in [0.5, 0.6) is 5.75 Å². The highest BCUT2D eigenvalue weighted by molar-refractivity contribution is 5.91. The van der Waals surface area contributed by atoms with Crippen molar-refractivity contribution >= 4 is 5.97 Å². The first-order valence-electron chi connectivity index (χ1n) is 11.0. The molecule has 0 saturated carbocycles. The highest BCUT2D eigenvalue weighted by Gasteiger charge is 2.20. The Kier molecular flexibility index (Phi) is 7.31. The minimum Gasteiger partial charge on any atom is -0.488 e. The molecular weight excluding hydrogens is 400 g/mol. The van der Waals surface area contributed by atoms with Crippen molar-refractivity contribution in [2.75, 3.05) is 0 Å². The maximum atomic E-state index is 11.7. The first-order chi connectivity index (χ1) is 15.2. The molecule has 2 aromatic carbocycles. The van der Waals surface area contributed by atoms with E-state index in [1.807, 2.05) is 19.9 Å². The van der Waals surface area contributed by atoms with Crippen LogP contribution in [-0.2, 0) is 19.6 Å². The summed E-state index contributed by atoms with van der Waals surface area (Å²) in [5, 5.41) is 9.59. The molecule has 0 bridgehead atoms. The van der Waals surface area contributed by atoms with Crippen LogP contribution in [-0.4, -0.2) is 16.1 Å². The second kappa shape index (κ2) is 9.96. The smallest absolute Gasteiger partial charge is 0.339 e. The van der Waals surface area contributed by atoms with Crippen molar-refractivity contribution in [2.24, 2.45) is 11.7 Å². The van der Waals surface area contributed by atoms with E-state index in [1.54, 1.807) is 12.1 Å². The molecule has 0 aliphatic carbocycles. The lowest BCUT2D eigenvalue weighted by atomic mass is 9.90. The van der Waals surface area contributed by atoms with E-state index < -0.39 is 5.97 Å². The summed E-state index contributed by atoms with van der Waals surface area (Å²) in [7, 11) is 0. The van der Waals surface area contributed by atoms with Gasteiger partial charge in [0.15, 0.2) is 0 Å². The van der Waals surface area contributed by atoms with Crippen LogP contribution < -0.4 is 10.5 Å². The minimum absolute atomic E-state index is 0.156. The van der Waals surface area contributed by atoms with Gasteiger partial charge in [-0.2, -0.15) is 0 Å². The molecule has 0 fully saturated rings. The Balaban J connectivity index is 2.13. The van der Waals surface area contributed by atoms with Crippen molar-refractivity contribution < 1.29 is 14.6 Å². The SMILES string of the molecule is Cc1ccc(-c2c(COc3ccc(C)cc3C(=O)O)c(C)nc(CC(C)C)c2CN)cc1. The monoisotopic (exact) mass is 432 g/mol. The number of aromatic nitrogens is 1. The number of aryl methyl sites for hydroxylation is 3. The Morgan fingerprint density at radius 1 is 1.03 bits per heavy atom. The normalized spacial score (nSPS) is 11.1. The number of pyridine rings is 1. The Bertz CT molecular complexity index is 1120. The zero-order valence-electron chi connectivity index (χ0n) is 19.5. The molecule has 32 heavy (non-hydrogen) atoms. The third-order valence-electron chi connectivity index (χ3n) is 5.57. The summed E-state index contributed by atoms with van der Waals surface area (Å²) in [5.74, 6) is -0.212. The van der Waals surface area contributed by atoms with Gasteiger partial charge in [-0.15, -0.1) is 0 Å². The summed E-state index contributed by atoms with van der Waals surface area (Å²) in [6.45, 7) is 10.8. The highest BCUT2D eigenvalue weighted by atomic mass is 16.5. The number of hydrogen-bond donors (Lipinski definition) is 2. The predicted octanol–water partition coefficient (Wildman–Crippen LogP) is 5.61. The first-order valence-corrected chi connectivity index (χ1v) is 11.0. The molecular formula is C27H32N2O3. The number of hydrogen-bond acceptors (Lipinski definition) is 4. The second-order valence-corrected chi connectivity index (χ2v) is 8.74. The van der Waals surface area contributed by atoms with Crippen LogP contribution in [0.1, 0.15) is 57.8 Å². The number of carboxylic acid groups (broad SMARTS) is 1. The number of nitrogens with two attached hydrogens (primary N) is 1. The fraction of sp³-hybridized carbons (Fsp3) is 0.333. The molecule has 1 aromatic heterocycles. The van der Waals surface area contributed by atoms with E-state index >= 15 is 0 Å². The number of ether oxygens (including phenoxy) is 1. The van der Waals surface area contributed by atoms with Gasteiger partial charge in [0, 0.05) is 23.5 Å². The quantitative estimate of drug-likeness (QED) is 0.483. The largest absolute Gasteiger partial charge is 0.488 e. The summed E-state index contributed by atoms with van der Waals surface area (Å²) < 4.78 is 6.07. The number of benzene rings is 2. The van der Waals surface area contributed by atoms with Gasteiger partial charge in [0.25, 0.3) is 0 Å². The summed E-state index contributed by atoms with van der Waals surface area (Å²) in [4.78, 5) is 16.6. The van der Waals surface area contributed by atoms with E-state index in [1.165, 1.54) is 5.56 Å². The van der Waals surface area contributed by atoms with Crippen molar-refractivity contribution in [3.05, 3.63) is 81.7 Å². The van der Waals surface area contributed by atoms with E-state index in [2.05, 4.69) is 45.0 Å². The zero-order valence-corrected chi connectivity index (χ0v) is 19.5. The van der Waals surface area contributed by atoms with Gasteiger partial charge in [-0.25, -0.2) is 4.79 Å². The molecule has 3 N–H and O–H groups in total. The van der Waals surface area contributed by atoms with E-state index in [4.69, 9.17) is 15.5 Å². The number of aromatic carboxylic acids is 1. The summed E-state index contributed by atoms with van der Waals surface area (Å²) in [5.41, 5.74) is 14.4. The van der Waals surface area contributed by atoms with Gasteiger partial charge in [0.2, 0.25) is 0 Å². The van der Waals surface area contributed by atoms with Crippen LogP contribution in [0.4, 0.5) is 0 Å². The molecule has 0 radical (unpaired) electrons. The third kappa shape index (κ3) is 5.17. The van der Waals surface area contributed by atoms with Gasteiger partial charge in [0.05, 0.1) is 0 Å². The van der Waals surface area contributed by atoms with Crippen LogP contribution in [0.3, 0.4) is 0 Å². The standard InChI is InChI=1S/C27H32N2O3/c1-16(2)12-24-22(14-28)26(20-9-6-17(3)7-10-20)23(19(5)29-24)15-32-25-11-8-18(4)13-21(25)27(30)31/h6-11,13,16H,12,14-15,28H2,1-5H3,(H,30,31). The topological polar surface area (TPSA) is 85.4 Å². The van der Waals surface area contributed by atoms with Crippen LogP contribution in [0.25, 0.3) is 11.1 Å². The van der Waals surface area contributed by atoms with Gasteiger partial charge >= 0.3 is 5.97 Å². The molecule has 168 valence electrons. The minimum atomic E-state index is -1.01. The van der Waals surface area contributed by atoms with Crippen molar-refractivity contribution in [3.8, 4) is 16.9 Å². The van der Waals surface area contributed by atoms with Crippen molar-refractivity contribution in [3.63, 3.8) is 0 Å². The summed E-state index contributed by atoms with van der Waals surface area (Å²) >= 11 is 0. The van der Waals surface area contributed by atoms with Gasteiger partial charge in [-0.05, 0) is 61.9 Å². The van der Waals surface area contributed by atoms with Gasteiger partial charge in [0.1, 0.15) is 17.9 Å². The molecule has 0 aliphatic heterocycles. The Hall–Kier alpha value is -3.18. The highest BCUT2D eigenvalue weighted by Crippen LogP contribution is 2.34. The van der Waals surface area contributed by atoms with E-state index in [-0.39, 0.29) is 12.2 Å². The second-order valence-electron chi connectivity index (χ2n) is 8.74. The molecule has 5 nitrogen and oxygen atoms in total. The molecule has 1 heterocycles. The third-order valence-corrected chi connectivity index (χ3v) is 5.57. The average Bonchev–Trinajstić information content (AvgIpc) is 2.73. The van der Waals surface area contributed by atoms with Gasteiger partial charge in [-0.1, -0.05) is 55.3 Å². The molecule has 3 aromatic rings. The van der Waals surface area contributed by atoms with Crippen LogP contribution in [0.2, 0.25) is 0 Å². The molecule has 0 unspecified atom stereocenters. The lowest BCUT2D eigenvalue weighted by molar-refractivity contribution is 0.0691. The summed E-state index contributed by atoms with van der Waals surface area (Å²) in [6.07, 6.45) is 0.842. The molecule has 3 rings (SSSR count). The van der Waals surface area contributed by atoms with E-state index in [9.17, 15) is 9.90 Å². The number of carboxylic acids is 1. The van der Waals surface area contributed by atoms with Crippen molar-refractivity contribution in [2.45, 2.75) is 54.2 Å².